The molecule has 0 radical (unpaired) electrons. The Bertz CT molecular complexity index is 540. The van der Waals surface area contributed by atoms with Crippen molar-refractivity contribution in [3.8, 4) is 0 Å². The van der Waals surface area contributed by atoms with Crippen LogP contribution in [0, 0.1) is 11.8 Å². The Morgan fingerprint density at radius 1 is 1.17 bits per heavy atom. The number of halogens is 1. The fourth-order valence-electron chi connectivity index (χ4n) is 3.13. The van der Waals surface area contributed by atoms with Crippen LogP contribution in [0.25, 0.3) is 0 Å². The predicted octanol–water partition coefficient (Wildman–Crippen LogP) is 2.38. The third-order valence-electron chi connectivity index (χ3n) is 3.92. The molecule has 1 aliphatic rings. The molecular formula is C17H26ClN3O2. The minimum Gasteiger partial charge on any atom is -0.338 e. The van der Waals surface area contributed by atoms with Crippen LogP contribution in [0.4, 0.5) is 5.69 Å². The summed E-state index contributed by atoms with van der Waals surface area (Å²) in [5.74, 6) is 0.874. The maximum Gasteiger partial charge on any atom is 0.255 e. The van der Waals surface area contributed by atoms with Gasteiger partial charge in [-0.15, -0.1) is 12.4 Å². The molecule has 1 aliphatic heterocycles. The lowest BCUT2D eigenvalue weighted by Crippen LogP contribution is -2.42. The number of amides is 2. The molecule has 6 heteroatoms. The topological polar surface area (TPSA) is 61.4 Å². The van der Waals surface area contributed by atoms with Crippen molar-refractivity contribution in [2.24, 2.45) is 11.8 Å². The van der Waals surface area contributed by atoms with Crippen molar-refractivity contribution >= 4 is 29.9 Å². The molecule has 5 nitrogen and oxygen atoms in total. The van der Waals surface area contributed by atoms with Crippen LogP contribution < -0.4 is 10.6 Å². The highest BCUT2D eigenvalue weighted by atomic mass is 35.5. The van der Waals surface area contributed by atoms with Gasteiger partial charge in [-0.1, -0.05) is 26.0 Å². The molecule has 0 aliphatic carbocycles. The van der Waals surface area contributed by atoms with Crippen molar-refractivity contribution in [3.05, 3.63) is 29.8 Å². The SMILES string of the molecule is CNCC(=O)Nc1ccccc1C(=O)N1CC(C)CC(C)C1.Cl. The molecular weight excluding hydrogens is 314 g/mol. The number of para-hydroxylation sites is 1. The van der Waals surface area contributed by atoms with E-state index in [4.69, 9.17) is 0 Å². The third kappa shape index (κ3) is 5.22. The Morgan fingerprint density at radius 3 is 2.39 bits per heavy atom. The van der Waals surface area contributed by atoms with E-state index in [1.807, 2.05) is 17.0 Å². The fourth-order valence-corrected chi connectivity index (χ4v) is 3.13. The lowest BCUT2D eigenvalue weighted by molar-refractivity contribution is -0.115. The van der Waals surface area contributed by atoms with E-state index < -0.39 is 0 Å². The number of carbonyl (C=O) groups excluding carboxylic acids is 2. The molecule has 0 bridgehead atoms. The molecule has 1 aromatic carbocycles. The van der Waals surface area contributed by atoms with Gasteiger partial charge in [0.15, 0.2) is 0 Å². The summed E-state index contributed by atoms with van der Waals surface area (Å²) in [5.41, 5.74) is 1.15. The van der Waals surface area contributed by atoms with Crippen molar-refractivity contribution in [1.82, 2.24) is 10.2 Å². The van der Waals surface area contributed by atoms with Gasteiger partial charge >= 0.3 is 0 Å². The first-order chi connectivity index (χ1) is 10.5. The van der Waals surface area contributed by atoms with Crippen LogP contribution >= 0.6 is 12.4 Å². The number of piperidine rings is 1. The van der Waals surface area contributed by atoms with E-state index in [9.17, 15) is 9.59 Å². The normalized spacial score (nSPS) is 20.6. The van der Waals surface area contributed by atoms with Gasteiger partial charge in [0.1, 0.15) is 0 Å². The molecule has 23 heavy (non-hydrogen) atoms. The predicted molar refractivity (Wildman–Crippen MR) is 95.1 cm³/mol. The molecule has 2 atom stereocenters. The van der Waals surface area contributed by atoms with Crippen LogP contribution in [-0.2, 0) is 4.79 Å². The molecule has 0 aromatic heterocycles. The highest BCUT2D eigenvalue weighted by Gasteiger charge is 2.27. The van der Waals surface area contributed by atoms with Crippen LogP contribution in [0.5, 0.6) is 0 Å². The number of likely N-dealkylation sites (N-methyl/N-ethyl adjacent to an activating group) is 1. The van der Waals surface area contributed by atoms with Crippen LogP contribution in [0.2, 0.25) is 0 Å². The second kappa shape index (κ2) is 8.89. The van der Waals surface area contributed by atoms with E-state index in [0.717, 1.165) is 19.5 Å². The maximum absolute atomic E-state index is 12.8. The van der Waals surface area contributed by atoms with Crippen LogP contribution in [0.1, 0.15) is 30.6 Å². The Labute approximate surface area is 144 Å². The molecule has 1 fully saturated rings. The first-order valence-electron chi connectivity index (χ1n) is 7.84. The zero-order valence-electron chi connectivity index (χ0n) is 14.0. The van der Waals surface area contributed by atoms with Crippen LogP contribution in [-0.4, -0.2) is 43.4 Å². The molecule has 0 spiro atoms. The Hall–Kier alpha value is -1.59. The minimum absolute atomic E-state index is 0. The molecule has 0 saturated carbocycles. The summed E-state index contributed by atoms with van der Waals surface area (Å²) in [7, 11) is 1.72. The quantitative estimate of drug-likeness (QED) is 0.885. The molecule has 1 aromatic rings. The molecule has 2 rings (SSSR count). The van der Waals surface area contributed by atoms with Crippen molar-refractivity contribution in [2.75, 3.05) is 32.0 Å². The average molecular weight is 340 g/mol. The lowest BCUT2D eigenvalue weighted by atomic mass is 9.91. The number of anilines is 1. The number of hydrogen-bond donors (Lipinski definition) is 2. The van der Waals surface area contributed by atoms with E-state index in [1.165, 1.54) is 0 Å². The van der Waals surface area contributed by atoms with Gasteiger partial charge in [0.05, 0.1) is 17.8 Å². The Balaban J connectivity index is 0.00000264. The van der Waals surface area contributed by atoms with Crippen molar-refractivity contribution in [2.45, 2.75) is 20.3 Å². The number of nitrogens with one attached hydrogen (secondary N) is 2. The molecule has 2 unspecified atom stereocenters. The zero-order chi connectivity index (χ0) is 16.1. The summed E-state index contributed by atoms with van der Waals surface area (Å²) in [6.07, 6.45) is 1.16. The second-order valence-corrected chi connectivity index (χ2v) is 6.28. The Morgan fingerprint density at radius 2 is 1.78 bits per heavy atom. The highest BCUT2D eigenvalue weighted by molar-refractivity contribution is 6.04. The second-order valence-electron chi connectivity index (χ2n) is 6.28. The van der Waals surface area contributed by atoms with Gasteiger partial charge < -0.3 is 15.5 Å². The van der Waals surface area contributed by atoms with Crippen LogP contribution in [0.15, 0.2) is 24.3 Å². The summed E-state index contributed by atoms with van der Waals surface area (Å²) in [6.45, 7) is 6.14. The number of carbonyl (C=O) groups is 2. The number of nitrogens with zero attached hydrogens (tertiary/aromatic N) is 1. The van der Waals surface area contributed by atoms with Gasteiger partial charge in [-0.25, -0.2) is 0 Å². The first kappa shape index (κ1) is 19.5. The molecule has 1 saturated heterocycles. The van der Waals surface area contributed by atoms with Gasteiger partial charge in [0, 0.05) is 13.1 Å². The molecule has 128 valence electrons. The van der Waals surface area contributed by atoms with Gasteiger partial charge in [0.25, 0.3) is 5.91 Å². The molecule has 2 N–H and O–H groups in total. The molecule has 1 heterocycles. The van der Waals surface area contributed by atoms with Crippen LogP contribution in [0.3, 0.4) is 0 Å². The monoisotopic (exact) mass is 339 g/mol. The maximum atomic E-state index is 12.8. The number of likely N-dealkylation sites (tertiary alicyclic amines) is 1. The van der Waals surface area contributed by atoms with E-state index >= 15 is 0 Å². The summed E-state index contributed by atoms with van der Waals surface area (Å²) < 4.78 is 0. The van der Waals surface area contributed by atoms with Gasteiger partial charge in [-0.2, -0.15) is 0 Å². The highest BCUT2D eigenvalue weighted by Crippen LogP contribution is 2.24. The van der Waals surface area contributed by atoms with E-state index in [-0.39, 0.29) is 30.8 Å². The Kier molecular flexibility index (Phi) is 7.52. The number of rotatable bonds is 4. The number of hydrogen-bond acceptors (Lipinski definition) is 3. The van der Waals surface area contributed by atoms with E-state index in [0.29, 0.717) is 23.1 Å². The van der Waals surface area contributed by atoms with E-state index in [1.54, 1.807) is 19.2 Å². The van der Waals surface area contributed by atoms with Crippen molar-refractivity contribution in [3.63, 3.8) is 0 Å². The third-order valence-corrected chi connectivity index (χ3v) is 3.92. The summed E-state index contributed by atoms with van der Waals surface area (Å²) in [4.78, 5) is 26.5. The fraction of sp³-hybridized carbons (Fsp3) is 0.529. The largest absolute Gasteiger partial charge is 0.338 e. The lowest BCUT2D eigenvalue weighted by Gasteiger charge is -2.35. The van der Waals surface area contributed by atoms with Gasteiger partial charge in [-0.3, -0.25) is 9.59 Å². The van der Waals surface area contributed by atoms with E-state index in [2.05, 4.69) is 24.5 Å². The number of benzene rings is 1. The van der Waals surface area contributed by atoms with Gasteiger partial charge in [-0.05, 0) is 37.4 Å². The van der Waals surface area contributed by atoms with Crippen molar-refractivity contribution < 1.29 is 9.59 Å². The summed E-state index contributed by atoms with van der Waals surface area (Å²) in [6, 6.07) is 7.21. The standard InChI is InChI=1S/C17H25N3O2.ClH/c1-12-8-13(2)11-20(10-12)17(22)14-6-4-5-7-15(14)19-16(21)9-18-3;/h4-7,12-13,18H,8-11H2,1-3H3,(H,19,21);1H. The smallest absolute Gasteiger partial charge is 0.255 e. The summed E-state index contributed by atoms with van der Waals surface area (Å²) >= 11 is 0. The molecule has 2 amide bonds. The first-order valence-corrected chi connectivity index (χ1v) is 7.84. The van der Waals surface area contributed by atoms with Gasteiger partial charge in [0.2, 0.25) is 5.91 Å². The minimum atomic E-state index is -0.150. The van der Waals surface area contributed by atoms with Crippen molar-refractivity contribution in [1.29, 1.82) is 0 Å². The average Bonchev–Trinajstić information content (AvgIpc) is 2.46. The summed E-state index contributed by atoms with van der Waals surface area (Å²) in [5, 5.41) is 5.61. The zero-order valence-corrected chi connectivity index (χ0v) is 14.8.